The maximum absolute atomic E-state index is 12.6. The van der Waals surface area contributed by atoms with Crippen LogP contribution in [0.25, 0.3) is 0 Å². The Kier molecular flexibility index (Phi) is 5.35. The van der Waals surface area contributed by atoms with E-state index in [-0.39, 0.29) is 11.6 Å². The molecule has 1 aromatic rings. The third kappa shape index (κ3) is 3.96. The monoisotopic (exact) mass is 416 g/mol. The highest BCUT2D eigenvalue weighted by Crippen LogP contribution is 2.47. The summed E-state index contributed by atoms with van der Waals surface area (Å²) >= 11 is 1.51. The van der Waals surface area contributed by atoms with E-state index in [9.17, 15) is 27.6 Å². The Labute approximate surface area is 163 Å². The average Bonchev–Trinajstić information content (AvgIpc) is 3.10. The zero-order valence-electron chi connectivity index (χ0n) is 15.2. The summed E-state index contributed by atoms with van der Waals surface area (Å²) in [5.41, 5.74) is -0.679. The van der Waals surface area contributed by atoms with Gasteiger partial charge in [-0.25, -0.2) is 4.79 Å². The summed E-state index contributed by atoms with van der Waals surface area (Å²) in [6.07, 6.45) is -4.60. The fourth-order valence-electron chi connectivity index (χ4n) is 3.29. The van der Waals surface area contributed by atoms with Crippen molar-refractivity contribution in [2.24, 2.45) is 0 Å². The first kappa shape index (κ1) is 20.5. The summed E-state index contributed by atoms with van der Waals surface area (Å²) in [5.74, 6) is -1.05. The minimum atomic E-state index is -4.47. The van der Waals surface area contributed by atoms with Gasteiger partial charge < -0.3 is 15.0 Å². The number of alkyl halides is 3. The van der Waals surface area contributed by atoms with Crippen LogP contribution in [0.15, 0.2) is 24.3 Å². The number of hydrogen-bond donors (Lipinski definition) is 1. The first-order valence-electron chi connectivity index (χ1n) is 8.66. The maximum atomic E-state index is 12.6. The van der Waals surface area contributed by atoms with Gasteiger partial charge in [-0.15, -0.1) is 11.8 Å². The van der Waals surface area contributed by atoms with E-state index in [0.29, 0.717) is 18.6 Å². The maximum Gasteiger partial charge on any atom is 0.416 e. The van der Waals surface area contributed by atoms with Gasteiger partial charge in [0.25, 0.3) is 5.91 Å². The summed E-state index contributed by atoms with van der Waals surface area (Å²) in [7, 11) is 0. The number of fused-ring (bicyclic) bond motifs is 1. The Bertz CT molecular complexity index is 799. The molecule has 10 heteroatoms. The minimum Gasteiger partial charge on any atom is -0.451 e. The quantitative estimate of drug-likeness (QED) is 0.764. The van der Waals surface area contributed by atoms with Crippen molar-refractivity contribution in [1.82, 2.24) is 4.90 Å². The summed E-state index contributed by atoms with van der Waals surface area (Å²) in [4.78, 5) is 37.9. The molecule has 1 N–H and O–H groups in total. The lowest BCUT2D eigenvalue weighted by atomic mass is 10.2. The number of nitrogens with one attached hydrogen (secondary N) is 1. The molecule has 3 atom stereocenters. The third-order valence-corrected chi connectivity index (χ3v) is 6.36. The van der Waals surface area contributed by atoms with Gasteiger partial charge in [0.15, 0.2) is 6.10 Å². The van der Waals surface area contributed by atoms with Crippen LogP contribution in [0.5, 0.6) is 0 Å². The fraction of sp³-hybridized carbons (Fsp3) is 0.500. The Balaban J connectivity index is 1.58. The molecule has 2 fully saturated rings. The lowest BCUT2D eigenvalue weighted by Gasteiger charge is -2.29. The molecule has 2 amide bonds. The number of amides is 2. The number of thioether (sulfide) groups is 1. The predicted octanol–water partition coefficient (Wildman–Crippen LogP) is 3.03. The molecule has 2 aliphatic rings. The lowest BCUT2D eigenvalue weighted by molar-refractivity contribution is -0.160. The second-order valence-corrected chi connectivity index (χ2v) is 8.41. The molecule has 6 nitrogen and oxygen atoms in total. The fourth-order valence-corrected chi connectivity index (χ4v) is 4.70. The molecule has 2 aliphatic heterocycles. The standard InChI is InChI=1S/C18H19F3N2O4S/c1-10(15(25)22-12-5-3-11(4-6-12)18(19,20)21)27-16(26)13-9-28-17(2)8-7-14(24)23(13)17/h3-6,10,13H,7-9H2,1-2H3,(H,22,25)/t10-,13+,17+/m1/s1. The van der Waals surface area contributed by atoms with Gasteiger partial charge in [0.1, 0.15) is 6.04 Å². The minimum absolute atomic E-state index is 0.115. The topological polar surface area (TPSA) is 75.7 Å². The molecule has 0 aromatic heterocycles. The molecule has 2 heterocycles. The van der Waals surface area contributed by atoms with Crippen LogP contribution in [-0.4, -0.2) is 45.5 Å². The lowest BCUT2D eigenvalue weighted by Crippen LogP contribution is -2.48. The van der Waals surface area contributed by atoms with Gasteiger partial charge in [0.05, 0.1) is 10.4 Å². The Hall–Kier alpha value is -2.23. The Morgan fingerprint density at radius 1 is 1.32 bits per heavy atom. The molecular formula is C18H19F3N2O4S. The van der Waals surface area contributed by atoms with Crippen LogP contribution < -0.4 is 5.32 Å². The van der Waals surface area contributed by atoms with Gasteiger partial charge in [-0.05, 0) is 44.5 Å². The summed E-state index contributed by atoms with van der Waals surface area (Å²) in [6.45, 7) is 3.26. The molecule has 3 rings (SSSR count). The molecule has 0 radical (unpaired) electrons. The molecule has 0 unspecified atom stereocenters. The second-order valence-electron chi connectivity index (χ2n) is 6.91. The molecule has 1 aromatic carbocycles. The van der Waals surface area contributed by atoms with Gasteiger partial charge in [0, 0.05) is 17.9 Å². The van der Waals surface area contributed by atoms with Crippen LogP contribution in [0.2, 0.25) is 0 Å². The van der Waals surface area contributed by atoms with Gasteiger partial charge in [0.2, 0.25) is 5.91 Å². The highest BCUT2D eigenvalue weighted by molar-refractivity contribution is 8.01. The van der Waals surface area contributed by atoms with Crippen molar-refractivity contribution < 1.29 is 32.3 Å². The van der Waals surface area contributed by atoms with E-state index >= 15 is 0 Å². The highest BCUT2D eigenvalue weighted by Gasteiger charge is 2.53. The molecule has 0 saturated carbocycles. The van der Waals surface area contributed by atoms with Crippen LogP contribution in [0, 0.1) is 0 Å². The van der Waals surface area contributed by atoms with Gasteiger partial charge in [-0.2, -0.15) is 13.2 Å². The molecule has 0 spiro atoms. The van der Waals surface area contributed by atoms with Crippen LogP contribution >= 0.6 is 11.8 Å². The first-order valence-corrected chi connectivity index (χ1v) is 9.64. The number of carbonyl (C=O) groups excluding carboxylic acids is 3. The Morgan fingerprint density at radius 2 is 1.96 bits per heavy atom. The number of carbonyl (C=O) groups is 3. The van der Waals surface area contributed by atoms with Crippen LogP contribution in [0.3, 0.4) is 0 Å². The van der Waals surface area contributed by atoms with E-state index in [4.69, 9.17) is 4.74 Å². The molecule has 0 bridgehead atoms. The number of hydrogen-bond acceptors (Lipinski definition) is 5. The van der Waals surface area contributed by atoms with E-state index in [0.717, 1.165) is 24.3 Å². The number of halogens is 3. The predicted molar refractivity (Wildman–Crippen MR) is 96.4 cm³/mol. The second kappa shape index (κ2) is 7.31. The smallest absolute Gasteiger partial charge is 0.416 e. The van der Waals surface area contributed by atoms with Crippen molar-refractivity contribution in [3.63, 3.8) is 0 Å². The summed E-state index contributed by atoms with van der Waals surface area (Å²) in [6, 6.07) is 3.20. The van der Waals surface area contributed by atoms with Crippen molar-refractivity contribution in [2.45, 2.75) is 49.9 Å². The largest absolute Gasteiger partial charge is 0.451 e. The van der Waals surface area contributed by atoms with E-state index in [1.54, 1.807) is 0 Å². The van der Waals surface area contributed by atoms with Crippen molar-refractivity contribution in [3.8, 4) is 0 Å². The number of nitrogens with zero attached hydrogens (tertiary/aromatic N) is 1. The number of esters is 1. The summed E-state index contributed by atoms with van der Waals surface area (Å²) < 4.78 is 42.9. The highest BCUT2D eigenvalue weighted by atomic mass is 32.2. The number of ether oxygens (including phenoxy) is 1. The van der Waals surface area contributed by atoms with Crippen molar-refractivity contribution in [1.29, 1.82) is 0 Å². The van der Waals surface area contributed by atoms with E-state index in [2.05, 4.69) is 5.32 Å². The zero-order valence-corrected chi connectivity index (χ0v) is 16.0. The van der Waals surface area contributed by atoms with Crippen molar-refractivity contribution in [3.05, 3.63) is 29.8 Å². The van der Waals surface area contributed by atoms with Crippen LogP contribution in [0.1, 0.15) is 32.3 Å². The first-order chi connectivity index (χ1) is 13.0. The van der Waals surface area contributed by atoms with Gasteiger partial charge in [-0.3, -0.25) is 9.59 Å². The summed E-state index contributed by atoms with van der Waals surface area (Å²) in [5, 5.41) is 2.41. The van der Waals surface area contributed by atoms with E-state index in [1.165, 1.54) is 23.6 Å². The third-order valence-electron chi connectivity index (χ3n) is 4.86. The van der Waals surface area contributed by atoms with E-state index < -0.39 is 40.6 Å². The Morgan fingerprint density at radius 3 is 2.57 bits per heavy atom. The molecular weight excluding hydrogens is 397 g/mol. The SMILES string of the molecule is C[C@@H](OC(=O)[C@@H]1CS[C@@]2(C)CCC(=O)N12)C(=O)Nc1ccc(C(F)(F)F)cc1. The van der Waals surface area contributed by atoms with Crippen molar-refractivity contribution >= 4 is 35.2 Å². The number of rotatable bonds is 4. The number of benzene rings is 1. The zero-order chi connectivity index (χ0) is 20.7. The van der Waals surface area contributed by atoms with E-state index in [1.807, 2.05) is 6.92 Å². The molecule has 2 saturated heterocycles. The van der Waals surface area contributed by atoms with Gasteiger partial charge >= 0.3 is 12.1 Å². The normalized spacial score (nSPS) is 25.4. The van der Waals surface area contributed by atoms with Crippen LogP contribution in [0.4, 0.5) is 18.9 Å². The van der Waals surface area contributed by atoms with Gasteiger partial charge in [-0.1, -0.05) is 0 Å². The average molecular weight is 416 g/mol. The molecule has 28 heavy (non-hydrogen) atoms. The molecule has 0 aliphatic carbocycles. The molecule has 152 valence electrons. The van der Waals surface area contributed by atoms with Crippen LogP contribution in [-0.2, 0) is 25.3 Å². The number of anilines is 1. The van der Waals surface area contributed by atoms with Crippen molar-refractivity contribution in [2.75, 3.05) is 11.1 Å².